The molecule has 6 rings (SSSR count). The summed E-state index contributed by atoms with van der Waals surface area (Å²) in [7, 11) is 0.157. The Morgan fingerprint density at radius 3 is 2.16 bits per heavy atom. The first kappa shape index (κ1) is 30.8. The van der Waals surface area contributed by atoms with Crippen molar-refractivity contribution in [1.29, 1.82) is 5.26 Å². The Hall–Kier alpha value is -2.86. The maximum Gasteiger partial charge on any atom is 0.261 e. The Morgan fingerprint density at radius 1 is 1.00 bits per heavy atom. The molecule has 1 saturated carbocycles. The first-order valence-corrected chi connectivity index (χ1v) is 16.9. The number of hydrogen-bond donors (Lipinski definition) is 1. The summed E-state index contributed by atoms with van der Waals surface area (Å²) in [5.41, 5.74) is 1.86. The van der Waals surface area contributed by atoms with Gasteiger partial charge < -0.3 is 18.7 Å². The van der Waals surface area contributed by atoms with Gasteiger partial charge >= 0.3 is 0 Å². The fraction of sp³-hybridized carbons (Fsp3) is 0.472. The zero-order valence-corrected chi connectivity index (χ0v) is 27.6. The maximum atomic E-state index is 9.17. The van der Waals surface area contributed by atoms with Crippen LogP contribution in [0.1, 0.15) is 58.6 Å². The van der Waals surface area contributed by atoms with E-state index in [-0.39, 0.29) is 37.1 Å². The molecular formula is C36H44N3O5P. The Morgan fingerprint density at radius 2 is 1.60 bits per heavy atom. The number of methoxy groups -OCH3 is 1. The second-order valence-electron chi connectivity index (χ2n) is 12.6. The van der Waals surface area contributed by atoms with Crippen LogP contribution in [0.3, 0.4) is 0 Å². The molecule has 9 heteroatoms. The van der Waals surface area contributed by atoms with Gasteiger partial charge in [0.2, 0.25) is 0 Å². The molecule has 2 saturated heterocycles. The lowest BCUT2D eigenvalue weighted by Crippen LogP contribution is -2.79. The van der Waals surface area contributed by atoms with E-state index in [0.717, 1.165) is 22.4 Å². The molecule has 8 nitrogen and oxygen atoms in total. The van der Waals surface area contributed by atoms with E-state index in [4.69, 9.17) is 29.9 Å². The van der Waals surface area contributed by atoms with Gasteiger partial charge in [0, 0.05) is 25.0 Å². The highest BCUT2D eigenvalue weighted by atomic mass is 31.2. The van der Waals surface area contributed by atoms with Gasteiger partial charge in [0.25, 0.3) is 8.53 Å². The molecule has 2 heterocycles. The van der Waals surface area contributed by atoms with Crippen molar-refractivity contribution in [1.82, 2.24) is 9.99 Å². The van der Waals surface area contributed by atoms with Gasteiger partial charge in [-0.2, -0.15) is 5.26 Å². The standard InChI is InChI=1S/C36H44N3O5P/c1-26(2)39(27(3)4)45(42-22-12-21-37)44-35-24-34(33(35)32(43-35)23-41-34)25-38-36(28-13-8-6-9-14-28,29-15-10-7-11-16-29)30-17-19-31(40-5)20-18-30/h6-11,13-20,26-27,32-33,38H,12,22-25H2,1-5H3/t32?,33?,34-,35?,45?/m1/s1/i23T/t23-,32?,33?,34+,35?,45?/m0. The molecule has 6 atom stereocenters. The molecule has 0 radical (unpaired) electrons. The van der Waals surface area contributed by atoms with Gasteiger partial charge in [-0.3, -0.25) is 9.84 Å². The number of ether oxygens (including phenoxy) is 3. The van der Waals surface area contributed by atoms with E-state index in [1.54, 1.807) is 7.11 Å². The van der Waals surface area contributed by atoms with Crippen LogP contribution in [0, 0.1) is 17.2 Å². The van der Waals surface area contributed by atoms with Crippen molar-refractivity contribution in [2.75, 3.05) is 26.8 Å². The minimum Gasteiger partial charge on any atom is -0.497 e. The summed E-state index contributed by atoms with van der Waals surface area (Å²) in [6.45, 7) is 8.42. The Kier molecular flexibility index (Phi) is 8.96. The molecule has 3 aromatic rings. The topological polar surface area (TPSA) is 85.2 Å². The molecule has 2 aliphatic heterocycles. The maximum absolute atomic E-state index is 9.17. The molecule has 0 bridgehead atoms. The van der Waals surface area contributed by atoms with Crippen molar-refractivity contribution < 1.29 is 24.6 Å². The van der Waals surface area contributed by atoms with Crippen LogP contribution in [0.15, 0.2) is 84.9 Å². The minimum atomic E-state index is -1.52. The summed E-state index contributed by atoms with van der Waals surface area (Å²) >= 11 is 0. The molecular weight excluding hydrogens is 585 g/mol. The van der Waals surface area contributed by atoms with Gasteiger partial charge in [-0.15, -0.1) is 0 Å². The van der Waals surface area contributed by atoms with E-state index in [1.807, 2.05) is 24.3 Å². The van der Waals surface area contributed by atoms with Gasteiger partial charge in [0.1, 0.15) is 5.75 Å². The van der Waals surface area contributed by atoms with Gasteiger partial charge in [0.05, 0.1) is 57.3 Å². The average molecular weight is 632 g/mol. The largest absolute Gasteiger partial charge is 0.497 e. The van der Waals surface area contributed by atoms with E-state index >= 15 is 0 Å². The van der Waals surface area contributed by atoms with Gasteiger partial charge in [-0.25, -0.2) is 4.67 Å². The third-order valence-electron chi connectivity index (χ3n) is 9.17. The third-order valence-corrected chi connectivity index (χ3v) is 11.3. The first-order chi connectivity index (χ1) is 22.2. The molecule has 0 aromatic heterocycles. The van der Waals surface area contributed by atoms with Gasteiger partial charge in [-0.1, -0.05) is 72.8 Å². The summed E-state index contributed by atoms with van der Waals surface area (Å²) in [5, 5.41) is 13.1. The molecule has 3 fully saturated rings. The van der Waals surface area contributed by atoms with Crippen molar-refractivity contribution >= 4 is 8.53 Å². The fourth-order valence-corrected chi connectivity index (χ4v) is 9.03. The van der Waals surface area contributed by atoms with Crippen LogP contribution >= 0.6 is 8.53 Å². The summed E-state index contributed by atoms with van der Waals surface area (Å²) in [4.78, 5) is 0. The zero-order chi connectivity index (χ0) is 32.5. The Labute approximate surface area is 270 Å². The van der Waals surface area contributed by atoms with E-state index in [9.17, 15) is 0 Å². The minimum absolute atomic E-state index is 0.138. The van der Waals surface area contributed by atoms with Crippen LogP contribution in [0.4, 0.5) is 0 Å². The number of nitrogens with one attached hydrogen (secondary N) is 1. The summed E-state index contributed by atoms with van der Waals surface area (Å²) < 4.78 is 42.4. The SMILES string of the molecule is [3H][C@@H]1O[C@@]2(CNC(c3ccccc3)(c3ccccc3)c3ccc(OC)cc3)CC3(OP(OCCC#N)N(C(C)C)C(C)C)OC1C32. The second-order valence-corrected chi connectivity index (χ2v) is 13.9. The predicted octanol–water partition coefficient (Wildman–Crippen LogP) is 6.75. The number of nitrogens with zero attached hydrogens (tertiary/aromatic N) is 2. The van der Waals surface area contributed by atoms with Gasteiger partial charge in [0.15, 0.2) is 5.79 Å². The molecule has 1 N–H and O–H groups in total. The highest BCUT2D eigenvalue weighted by Gasteiger charge is 2.80. The number of nitriles is 1. The molecule has 0 spiro atoms. The normalized spacial score (nSPS) is 27.8. The molecule has 1 aliphatic carbocycles. The van der Waals surface area contributed by atoms with Crippen LogP contribution < -0.4 is 10.1 Å². The number of benzene rings is 3. The lowest BCUT2D eigenvalue weighted by molar-refractivity contribution is -0.417. The van der Waals surface area contributed by atoms with Crippen molar-refractivity contribution in [3.8, 4) is 11.8 Å². The van der Waals surface area contributed by atoms with Gasteiger partial charge in [-0.05, 0) is 56.5 Å². The van der Waals surface area contributed by atoms with Crippen molar-refractivity contribution in [3.63, 3.8) is 0 Å². The highest BCUT2D eigenvalue weighted by molar-refractivity contribution is 7.44. The molecule has 0 amide bonds. The van der Waals surface area contributed by atoms with Crippen LogP contribution in [-0.2, 0) is 24.1 Å². The van der Waals surface area contributed by atoms with E-state index in [0.29, 0.717) is 13.0 Å². The monoisotopic (exact) mass is 631 g/mol. The summed E-state index contributed by atoms with van der Waals surface area (Å²) in [5.74, 6) is -0.250. The molecule has 238 valence electrons. The van der Waals surface area contributed by atoms with E-state index in [2.05, 4.69) is 104 Å². The van der Waals surface area contributed by atoms with E-state index in [1.165, 1.54) is 0 Å². The molecule has 3 aromatic carbocycles. The van der Waals surface area contributed by atoms with Crippen molar-refractivity contribution in [2.45, 2.75) is 75.7 Å². The van der Waals surface area contributed by atoms with Crippen molar-refractivity contribution in [3.05, 3.63) is 102 Å². The summed E-state index contributed by atoms with van der Waals surface area (Å²) in [6, 6.07) is 31.6. The lowest BCUT2D eigenvalue weighted by Gasteiger charge is -2.66. The number of hydrogen-bond acceptors (Lipinski definition) is 8. The Balaban J connectivity index is 1.33. The predicted molar refractivity (Wildman–Crippen MR) is 174 cm³/mol. The number of rotatable bonds is 15. The highest BCUT2D eigenvalue weighted by Crippen LogP contribution is 2.69. The third kappa shape index (κ3) is 5.70. The zero-order valence-electron chi connectivity index (χ0n) is 27.7. The quantitative estimate of drug-likeness (QED) is 0.112. The van der Waals surface area contributed by atoms with Crippen LogP contribution in [0.5, 0.6) is 5.75 Å². The smallest absolute Gasteiger partial charge is 0.261 e. The van der Waals surface area contributed by atoms with Crippen LogP contribution in [0.2, 0.25) is 0 Å². The van der Waals surface area contributed by atoms with Crippen LogP contribution in [-0.4, -0.2) is 61.1 Å². The molecule has 4 unspecified atom stereocenters. The first-order valence-electron chi connectivity index (χ1n) is 16.3. The van der Waals surface area contributed by atoms with Crippen molar-refractivity contribution in [2.24, 2.45) is 5.92 Å². The lowest BCUT2D eigenvalue weighted by atomic mass is 9.59. The molecule has 3 aliphatic rings. The Bertz CT molecular complexity index is 1460. The fourth-order valence-electron chi connectivity index (χ4n) is 7.27. The summed E-state index contributed by atoms with van der Waals surface area (Å²) in [6.07, 6.45) is 0.363. The van der Waals surface area contributed by atoms with Crippen LogP contribution in [0.25, 0.3) is 0 Å². The second kappa shape index (κ2) is 13.1. The molecule has 45 heavy (non-hydrogen) atoms. The average Bonchev–Trinajstić information content (AvgIpc) is 3.13. The van der Waals surface area contributed by atoms with E-state index < -0.39 is 32.0 Å².